The highest BCUT2D eigenvalue weighted by molar-refractivity contribution is 7.15. The van der Waals surface area contributed by atoms with E-state index in [0.29, 0.717) is 11.2 Å². The Bertz CT molecular complexity index is 685. The van der Waals surface area contributed by atoms with Gasteiger partial charge in [0.25, 0.3) is 0 Å². The van der Waals surface area contributed by atoms with Crippen molar-refractivity contribution >= 4 is 22.4 Å². The van der Waals surface area contributed by atoms with E-state index in [2.05, 4.69) is 37.6 Å². The van der Waals surface area contributed by atoms with Gasteiger partial charge in [-0.3, -0.25) is 14.7 Å². The third-order valence-corrected chi connectivity index (χ3v) is 4.91. The van der Waals surface area contributed by atoms with E-state index in [1.165, 1.54) is 17.4 Å². The van der Waals surface area contributed by atoms with Crippen LogP contribution >= 0.6 is 11.3 Å². The average Bonchev–Trinajstić information content (AvgIpc) is 2.96. The standard InChI is InChI=1S/C17H23N5OS/c1-12-3-4-14(8-19-12)7-15-10-22(6-5-18-15)11-16-9-20-17(24-16)21-13(2)23/h3-4,8-9,15,18H,5-7,10-11H2,1-2H3,(H,20,21,23)/t15-/m0/s1. The smallest absolute Gasteiger partial charge is 0.223 e. The molecule has 0 spiro atoms. The summed E-state index contributed by atoms with van der Waals surface area (Å²) >= 11 is 1.55. The largest absolute Gasteiger partial charge is 0.311 e. The van der Waals surface area contributed by atoms with Gasteiger partial charge in [-0.05, 0) is 25.0 Å². The number of hydrogen-bond acceptors (Lipinski definition) is 6. The van der Waals surface area contributed by atoms with Crippen LogP contribution in [0.5, 0.6) is 0 Å². The van der Waals surface area contributed by atoms with E-state index >= 15 is 0 Å². The summed E-state index contributed by atoms with van der Waals surface area (Å²) in [6.07, 6.45) is 4.82. The van der Waals surface area contributed by atoms with Crippen molar-refractivity contribution in [2.24, 2.45) is 0 Å². The van der Waals surface area contributed by atoms with E-state index in [1.54, 1.807) is 11.3 Å². The Morgan fingerprint density at radius 2 is 2.29 bits per heavy atom. The van der Waals surface area contributed by atoms with Crippen LogP contribution in [-0.2, 0) is 17.8 Å². The van der Waals surface area contributed by atoms with E-state index in [1.807, 2.05) is 19.3 Å². The summed E-state index contributed by atoms with van der Waals surface area (Å²) in [6, 6.07) is 4.66. The van der Waals surface area contributed by atoms with Crippen LogP contribution in [0.2, 0.25) is 0 Å². The second-order valence-electron chi connectivity index (χ2n) is 6.21. The van der Waals surface area contributed by atoms with Gasteiger partial charge in [0.1, 0.15) is 0 Å². The monoisotopic (exact) mass is 345 g/mol. The summed E-state index contributed by atoms with van der Waals surface area (Å²) < 4.78 is 0. The number of pyridine rings is 1. The maximum atomic E-state index is 11.1. The number of aryl methyl sites for hydroxylation is 1. The van der Waals surface area contributed by atoms with Crippen LogP contribution < -0.4 is 10.6 Å². The fourth-order valence-electron chi connectivity index (χ4n) is 2.89. The molecule has 1 atom stereocenters. The molecule has 1 fully saturated rings. The van der Waals surface area contributed by atoms with Crippen LogP contribution in [0.1, 0.15) is 23.1 Å². The van der Waals surface area contributed by atoms with Crippen LogP contribution in [0.25, 0.3) is 0 Å². The predicted molar refractivity (Wildman–Crippen MR) is 96.2 cm³/mol. The zero-order chi connectivity index (χ0) is 16.9. The van der Waals surface area contributed by atoms with Crippen molar-refractivity contribution in [3.8, 4) is 0 Å². The number of nitrogens with zero attached hydrogens (tertiary/aromatic N) is 3. The lowest BCUT2D eigenvalue weighted by atomic mass is 10.1. The molecule has 1 amide bonds. The minimum atomic E-state index is -0.0788. The molecule has 7 heteroatoms. The molecule has 0 aromatic carbocycles. The first-order valence-electron chi connectivity index (χ1n) is 8.18. The summed E-state index contributed by atoms with van der Waals surface area (Å²) in [6.45, 7) is 7.40. The first-order chi connectivity index (χ1) is 11.6. The second-order valence-corrected chi connectivity index (χ2v) is 7.33. The van der Waals surface area contributed by atoms with Crippen molar-refractivity contribution in [2.45, 2.75) is 32.9 Å². The van der Waals surface area contributed by atoms with Crippen molar-refractivity contribution in [3.05, 3.63) is 40.7 Å². The molecule has 0 radical (unpaired) electrons. The summed E-state index contributed by atoms with van der Waals surface area (Å²) in [4.78, 5) is 23.3. The summed E-state index contributed by atoms with van der Waals surface area (Å²) in [5.74, 6) is -0.0788. The molecule has 128 valence electrons. The maximum absolute atomic E-state index is 11.1. The number of amides is 1. The lowest BCUT2D eigenvalue weighted by Crippen LogP contribution is -2.51. The van der Waals surface area contributed by atoms with Gasteiger partial charge in [0.2, 0.25) is 5.91 Å². The van der Waals surface area contributed by atoms with E-state index in [9.17, 15) is 4.79 Å². The van der Waals surface area contributed by atoms with E-state index < -0.39 is 0 Å². The average molecular weight is 345 g/mol. The Morgan fingerprint density at radius 3 is 3.04 bits per heavy atom. The van der Waals surface area contributed by atoms with Gasteiger partial charge >= 0.3 is 0 Å². The highest BCUT2D eigenvalue weighted by atomic mass is 32.1. The quantitative estimate of drug-likeness (QED) is 0.865. The normalized spacial score (nSPS) is 18.5. The molecule has 1 aliphatic rings. The van der Waals surface area contributed by atoms with E-state index in [-0.39, 0.29) is 5.91 Å². The molecule has 1 aliphatic heterocycles. The molecule has 0 saturated carbocycles. The molecule has 2 aromatic heterocycles. The number of thiazole rings is 1. The van der Waals surface area contributed by atoms with Crippen molar-refractivity contribution in [2.75, 3.05) is 25.0 Å². The van der Waals surface area contributed by atoms with Crippen LogP contribution in [0.15, 0.2) is 24.5 Å². The molecule has 3 rings (SSSR count). The third-order valence-electron chi connectivity index (χ3n) is 4.01. The van der Waals surface area contributed by atoms with Crippen molar-refractivity contribution in [3.63, 3.8) is 0 Å². The number of carbonyl (C=O) groups excluding carboxylic acids is 1. The molecule has 6 nitrogen and oxygen atoms in total. The Balaban J connectivity index is 1.54. The van der Waals surface area contributed by atoms with Gasteiger partial charge in [-0.2, -0.15) is 0 Å². The van der Waals surface area contributed by atoms with Crippen LogP contribution in [0, 0.1) is 6.92 Å². The molecular weight excluding hydrogens is 322 g/mol. The van der Waals surface area contributed by atoms with Crippen LogP contribution in [0.3, 0.4) is 0 Å². The van der Waals surface area contributed by atoms with Gasteiger partial charge in [0.05, 0.1) is 0 Å². The number of carbonyl (C=O) groups is 1. The van der Waals surface area contributed by atoms with Gasteiger partial charge in [-0.15, -0.1) is 11.3 Å². The lowest BCUT2D eigenvalue weighted by Gasteiger charge is -2.33. The summed E-state index contributed by atoms with van der Waals surface area (Å²) in [5, 5.41) is 7.01. The third kappa shape index (κ3) is 4.83. The number of rotatable bonds is 5. The highest BCUT2D eigenvalue weighted by Gasteiger charge is 2.20. The number of nitrogens with one attached hydrogen (secondary N) is 2. The molecule has 1 saturated heterocycles. The maximum Gasteiger partial charge on any atom is 0.223 e. The molecule has 0 bridgehead atoms. The number of anilines is 1. The molecule has 0 unspecified atom stereocenters. The fraction of sp³-hybridized carbons (Fsp3) is 0.471. The molecule has 2 aromatic rings. The number of aromatic nitrogens is 2. The van der Waals surface area contributed by atoms with E-state index in [4.69, 9.17) is 0 Å². The molecule has 3 heterocycles. The number of hydrogen-bond donors (Lipinski definition) is 2. The Labute approximate surface area is 146 Å². The van der Waals surface area contributed by atoms with Gasteiger partial charge in [0, 0.05) is 62.1 Å². The Hall–Kier alpha value is -1.83. The Morgan fingerprint density at radius 1 is 1.42 bits per heavy atom. The summed E-state index contributed by atoms with van der Waals surface area (Å²) in [7, 11) is 0. The molecule has 2 N–H and O–H groups in total. The molecule has 0 aliphatic carbocycles. The van der Waals surface area contributed by atoms with Crippen LogP contribution in [0.4, 0.5) is 5.13 Å². The predicted octanol–water partition coefficient (Wildman–Crippen LogP) is 1.82. The molecular formula is C17H23N5OS. The zero-order valence-electron chi connectivity index (χ0n) is 14.1. The SMILES string of the molecule is CC(=O)Nc1ncc(CN2CCN[C@@H](Cc3ccc(C)nc3)C2)s1. The zero-order valence-corrected chi connectivity index (χ0v) is 14.9. The Kier molecular flexibility index (Phi) is 5.55. The topological polar surface area (TPSA) is 70.2 Å². The first-order valence-corrected chi connectivity index (χ1v) is 9.00. The van der Waals surface area contributed by atoms with Crippen molar-refractivity contribution < 1.29 is 4.79 Å². The van der Waals surface area contributed by atoms with Gasteiger partial charge in [-0.25, -0.2) is 4.98 Å². The van der Waals surface area contributed by atoms with Crippen LogP contribution in [-0.4, -0.2) is 46.5 Å². The second kappa shape index (κ2) is 7.83. The van der Waals surface area contributed by atoms with Crippen molar-refractivity contribution in [1.29, 1.82) is 0 Å². The lowest BCUT2D eigenvalue weighted by molar-refractivity contribution is -0.114. The minimum absolute atomic E-state index is 0.0788. The first kappa shape index (κ1) is 17.0. The highest BCUT2D eigenvalue weighted by Crippen LogP contribution is 2.20. The van der Waals surface area contributed by atoms with Gasteiger partial charge < -0.3 is 10.6 Å². The van der Waals surface area contributed by atoms with E-state index in [0.717, 1.165) is 38.3 Å². The fourth-order valence-corrected chi connectivity index (χ4v) is 3.79. The minimum Gasteiger partial charge on any atom is -0.311 e. The van der Waals surface area contributed by atoms with Gasteiger partial charge in [-0.1, -0.05) is 6.07 Å². The van der Waals surface area contributed by atoms with Crippen molar-refractivity contribution in [1.82, 2.24) is 20.2 Å². The molecule has 24 heavy (non-hydrogen) atoms. The summed E-state index contributed by atoms with van der Waals surface area (Å²) in [5.41, 5.74) is 2.32. The number of piperazine rings is 1. The van der Waals surface area contributed by atoms with Gasteiger partial charge in [0.15, 0.2) is 5.13 Å².